The van der Waals surface area contributed by atoms with Crippen LogP contribution in [0.15, 0.2) is 48.9 Å². The maximum Gasteiger partial charge on any atom is 0.476 e. The van der Waals surface area contributed by atoms with Crippen LogP contribution >= 0.6 is 0 Å². The number of Topliss-reactive ketones (excluding diaryl/α,β-unsaturated/α-hetero) is 1. The van der Waals surface area contributed by atoms with Crippen LogP contribution in [0.5, 0.6) is 0 Å². The Balaban J connectivity index is 1.49. The van der Waals surface area contributed by atoms with E-state index < -0.39 is 12.7 Å². The van der Waals surface area contributed by atoms with E-state index in [9.17, 15) is 9.59 Å². The quantitative estimate of drug-likeness (QED) is 0.169. The highest BCUT2D eigenvalue weighted by Crippen LogP contribution is 2.47. The standard InChI is InChI=1S/C34H53BN4O4/c1-27(2)13-9-6-5-7-12-18-39-19-21-42-35(39,43-22-20-39)30(23-28(3)4)25-33(40)31(24-29-14-10-8-11-15-29)38-34(41)32-26-36-16-17-37-32/h8,10-11,14-17,26-28,30-31H,5-7,9,12-13,18-25H2,1-4H3,(H,38,41)/t30-,31+,35?,39?/m1/s1. The van der Waals surface area contributed by atoms with Crippen LogP contribution in [-0.4, -0.2) is 71.6 Å². The molecule has 3 heterocycles. The van der Waals surface area contributed by atoms with Gasteiger partial charge in [0.15, 0.2) is 5.78 Å². The van der Waals surface area contributed by atoms with Crippen molar-refractivity contribution in [2.45, 2.75) is 97.3 Å². The van der Waals surface area contributed by atoms with Crippen LogP contribution in [-0.2, 0) is 20.5 Å². The summed E-state index contributed by atoms with van der Waals surface area (Å²) in [5.74, 6) is 0.733. The van der Waals surface area contributed by atoms with Gasteiger partial charge in [-0.2, -0.15) is 0 Å². The lowest BCUT2D eigenvalue weighted by Crippen LogP contribution is -2.66. The fourth-order valence-corrected chi connectivity index (χ4v) is 7.43. The van der Waals surface area contributed by atoms with E-state index in [2.05, 4.69) is 43.0 Å². The molecule has 4 rings (SSSR count). The summed E-state index contributed by atoms with van der Waals surface area (Å²) in [6, 6.07) is 9.17. The summed E-state index contributed by atoms with van der Waals surface area (Å²) in [5, 5.41) is 2.99. The highest BCUT2D eigenvalue weighted by molar-refractivity contribution is 6.62. The number of nitrogens with one attached hydrogen (secondary N) is 1. The molecule has 0 saturated carbocycles. The topological polar surface area (TPSA) is 90.4 Å². The number of amides is 1. The number of fused-ring (bicyclic) bond motifs is 1. The molecule has 2 saturated heterocycles. The molecule has 1 amide bonds. The van der Waals surface area contributed by atoms with Gasteiger partial charge in [0.2, 0.25) is 0 Å². The Morgan fingerprint density at radius 1 is 0.930 bits per heavy atom. The summed E-state index contributed by atoms with van der Waals surface area (Å²) in [4.78, 5) is 35.5. The predicted octanol–water partition coefficient (Wildman–Crippen LogP) is 6.01. The van der Waals surface area contributed by atoms with Crippen molar-refractivity contribution in [1.82, 2.24) is 15.3 Å². The Bertz CT molecular complexity index is 1140. The SMILES string of the molecule is CC(C)CCCCCCC[N+]12CCO[B-]1([C@@H](CC(=O)[C@H](Cc1ccccc1)NC(=O)c1cnccn1)CC(C)C)OCC2. The van der Waals surface area contributed by atoms with Gasteiger partial charge in [0.25, 0.3) is 5.91 Å². The Morgan fingerprint density at radius 3 is 2.28 bits per heavy atom. The van der Waals surface area contributed by atoms with Crippen LogP contribution in [0.25, 0.3) is 0 Å². The number of hydrogen-bond acceptors (Lipinski definition) is 6. The lowest BCUT2D eigenvalue weighted by Gasteiger charge is -2.51. The largest absolute Gasteiger partial charge is 0.509 e. The van der Waals surface area contributed by atoms with Gasteiger partial charge < -0.3 is 19.0 Å². The number of rotatable bonds is 18. The molecule has 236 valence electrons. The molecule has 0 spiro atoms. The molecule has 0 unspecified atom stereocenters. The molecule has 8 nitrogen and oxygen atoms in total. The molecular weight excluding hydrogens is 539 g/mol. The summed E-state index contributed by atoms with van der Waals surface area (Å²) in [6.07, 6.45) is 13.6. The normalized spacial score (nSPS) is 22.9. The van der Waals surface area contributed by atoms with Gasteiger partial charge in [-0.25, -0.2) is 4.98 Å². The number of carbonyl (C=O) groups is 2. The summed E-state index contributed by atoms with van der Waals surface area (Å²) in [7, 11) is 0. The molecule has 2 aliphatic heterocycles. The average Bonchev–Trinajstić information content (AvgIpc) is 3.53. The molecule has 9 heteroatoms. The van der Waals surface area contributed by atoms with Gasteiger partial charge >= 0.3 is 6.69 Å². The number of unbranched alkanes of at least 4 members (excludes halogenated alkanes) is 4. The van der Waals surface area contributed by atoms with Crippen LogP contribution in [0.4, 0.5) is 0 Å². The third-order valence-electron chi connectivity index (χ3n) is 9.54. The lowest BCUT2D eigenvalue weighted by molar-refractivity contribution is -0.823. The molecular formula is C34H53BN4O4. The zero-order valence-electron chi connectivity index (χ0n) is 26.9. The van der Waals surface area contributed by atoms with Crippen LogP contribution in [0, 0.1) is 11.8 Å². The van der Waals surface area contributed by atoms with E-state index in [0.717, 1.165) is 48.4 Å². The number of aromatic nitrogens is 2. The van der Waals surface area contributed by atoms with E-state index in [-0.39, 0.29) is 23.2 Å². The highest BCUT2D eigenvalue weighted by Gasteiger charge is 2.62. The second kappa shape index (κ2) is 15.9. The van der Waals surface area contributed by atoms with E-state index in [1.807, 2.05) is 30.3 Å². The predicted molar refractivity (Wildman–Crippen MR) is 171 cm³/mol. The lowest BCUT2D eigenvalue weighted by atomic mass is 9.51. The fourth-order valence-electron chi connectivity index (χ4n) is 7.43. The first-order valence-electron chi connectivity index (χ1n) is 16.7. The minimum atomic E-state index is -1.68. The van der Waals surface area contributed by atoms with Crippen molar-refractivity contribution in [2.75, 3.05) is 32.8 Å². The molecule has 2 aromatic rings. The highest BCUT2D eigenvalue weighted by atomic mass is 16.6. The maximum absolute atomic E-state index is 14.2. The Labute approximate surface area is 258 Å². The van der Waals surface area contributed by atoms with Gasteiger partial charge in [-0.1, -0.05) is 90.1 Å². The number of quaternary nitrogens is 1. The van der Waals surface area contributed by atoms with Crippen molar-refractivity contribution in [1.29, 1.82) is 0 Å². The molecule has 2 aliphatic rings. The van der Waals surface area contributed by atoms with Crippen LogP contribution in [0.3, 0.4) is 0 Å². The number of ketones is 1. The first-order valence-corrected chi connectivity index (χ1v) is 16.7. The van der Waals surface area contributed by atoms with E-state index in [0.29, 0.717) is 32.0 Å². The summed E-state index contributed by atoms with van der Waals surface area (Å²) in [5.41, 5.74) is 1.20. The molecule has 0 radical (unpaired) electrons. The summed E-state index contributed by atoms with van der Waals surface area (Å²) < 4.78 is 14.2. The van der Waals surface area contributed by atoms with Gasteiger partial charge in [-0.3, -0.25) is 14.6 Å². The second-order valence-electron chi connectivity index (χ2n) is 13.7. The number of carbonyl (C=O) groups excluding carboxylic acids is 2. The third kappa shape index (κ3) is 8.73. The van der Waals surface area contributed by atoms with Gasteiger partial charge in [0.1, 0.15) is 5.69 Å². The van der Waals surface area contributed by atoms with Crippen LogP contribution in [0.2, 0.25) is 5.82 Å². The van der Waals surface area contributed by atoms with E-state index in [4.69, 9.17) is 9.31 Å². The molecule has 1 aromatic carbocycles. The van der Waals surface area contributed by atoms with E-state index >= 15 is 0 Å². The Morgan fingerprint density at radius 2 is 1.63 bits per heavy atom. The van der Waals surface area contributed by atoms with Gasteiger partial charge in [0, 0.05) is 18.9 Å². The van der Waals surface area contributed by atoms with Crippen molar-refractivity contribution in [3.05, 3.63) is 60.2 Å². The van der Waals surface area contributed by atoms with E-state index in [1.54, 1.807) is 0 Å². The fraction of sp³-hybridized carbons (Fsp3) is 0.647. The monoisotopic (exact) mass is 592 g/mol. The van der Waals surface area contributed by atoms with Crippen molar-refractivity contribution < 1.29 is 23.3 Å². The Kier molecular flexibility index (Phi) is 12.3. The molecule has 0 aliphatic carbocycles. The summed E-state index contributed by atoms with van der Waals surface area (Å²) >= 11 is 0. The van der Waals surface area contributed by atoms with Crippen LogP contribution in [0.1, 0.15) is 95.1 Å². The molecule has 43 heavy (non-hydrogen) atoms. The molecule has 1 aromatic heterocycles. The van der Waals surface area contributed by atoms with Crippen molar-refractivity contribution in [3.8, 4) is 0 Å². The van der Waals surface area contributed by atoms with Gasteiger partial charge in [0.05, 0.1) is 38.5 Å². The number of hydrogen-bond donors (Lipinski definition) is 1. The van der Waals surface area contributed by atoms with Gasteiger partial charge in [-0.05, 0) is 48.9 Å². The van der Waals surface area contributed by atoms with Crippen molar-refractivity contribution in [3.63, 3.8) is 0 Å². The van der Waals surface area contributed by atoms with E-state index in [1.165, 1.54) is 50.7 Å². The molecule has 2 fully saturated rings. The molecule has 2 atom stereocenters. The zero-order valence-corrected chi connectivity index (χ0v) is 26.9. The molecule has 1 N–H and O–H groups in total. The maximum atomic E-state index is 14.2. The minimum absolute atomic E-state index is 0.0113. The Hall–Kier alpha value is -2.62. The first-order chi connectivity index (χ1) is 20.7. The van der Waals surface area contributed by atoms with Crippen molar-refractivity contribution >= 4 is 18.4 Å². The number of benzene rings is 1. The zero-order chi connectivity index (χ0) is 30.7. The smallest absolute Gasteiger partial charge is 0.476 e. The third-order valence-corrected chi connectivity index (χ3v) is 9.54. The summed E-state index contributed by atoms with van der Waals surface area (Å²) in [6.45, 7) is 11.6. The van der Waals surface area contributed by atoms with Gasteiger partial charge in [-0.15, -0.1) is 0 Å². The first kappa shape index (κ1) is 33.3. The number of nitrogens with zero attached hydrogens (tertiary/aromatic N) is 3. The van der Waals surface area contributed by atoms with Crippen molar-refractivity contribution in [2.24, 2.45) is 11.8 Å². The molecule has 0 bridgehead atoms. The minimum Gasteiger partial charge on any atom is -0.509 e. The second-order valence-corrected chi connectivity index (χ2v) is 13.7. The van der Waals surface area contributed by atoms with Crippen LogP contribution < -0.4 is 5.32 Å². The average molecular weight is 593 g/mol.